The Hall–Kier alpha value is -0.540. The van der Waals surface area contributed by atoms with Gasteiger partial charge in [0.2, 0.25) is 0 Å². The first-order valence-electron chi connectivity index (χ1n) is 7.03. The number of nitrogens with one attached hydrogen (secondary N) is 1. The van der Waals surface area contributed by atoms with E-state index in [1.807, 2.05) is 30.3 Å². The lowest BCUT2D eigenvalue weighted by molar-refractivity contribution is 0.529. The summed E-state index contributed by atoms with van der Waals surface area (Å²) in [5, 5.41) is 5.02. The second-order valence-corrected chi connectivity index (χ2v) is 6.70. The third kappa shape index (κ3) is 4.72. The molecule has 4 heteroatoms. The standard InChI is InChI=1S/C17H18BrCl2N/c1-2-9-21-17(12-5-3-6-13(18)10-12)11-14-15(19)7-4-8-16(14)20/h3-8,10,17,21H,2,9,11H2,1H3. The van der Waals surface area contributed by atoms with E-state index in [1.165, 1.54) is 5.56 Å². The predicted octanol–water partition coefficient (Wildman–Crippen LogP) is 6.04. The molecule has 0 saturated carbocycles. The quantitative estimate of drug-likeness (QED) is 0.638. The summed E-state index contributed by atoms with van der Waals surface area (Å²) in [6.45, 7) is 3.12. The van der Waals surface area contributed by atoms with Crippen LogP contribution in [0.3, 0.4) is 0 Å². The number of halogens is 3. The highest BCUT2D eigenvalue weighted by molar-refractivity contribution is 9.10. The first-order chi connectivity index (χ1) is 10.1. The van der Waals surface area contributed by atoms with E-state index in [4.69, 9.17) is 23.2 Å². The van der Waals surface area contributed by atoms with Gasteiger partial charge in [-0.2, -0.15) is 0 Å². The molecule has 1 N–H and O–H groups in total. The molecule has 0 fully saturated rings. The SMILES string of the molecule is CCCNC(Cc1c(Cl)cccc1Cl)c1cccc(Br)c1. The summed E-state index contributed by atoms with van der Waals surface area (Å²) in [5.74, 6) is 0. The number of hydrogen-bond donors (Lipinski definition) is 1. The van der Waals surface area contributed by atoms with Gasteiger partial charge >= 0.3 is 0 Å². The third-order valence-electron chi connectivity index (χ3n) is 3.36. The maximum Gasteiger partial charge on any atom is 0.0453 e. The summed E-state index contributed by atoms with van der Waals surface area (Å²) < 4.78 is 1.08. The van der Waals surface area contributed by atoms with Gasteiger partial charge < -0.3 is 5.32 Å². The van der Waals surface area contributed by atoms with Gasteiger partial charge in [0.1, 0.15) is 0 Å². The largest absolute Gasteiger partial charge is 0.310 e. The molecule has 0 amide bonds. The van der Waals surface area contributed by atoms with Gasteiger partial charge in [0, 0.05) is 20.6 Å². The Morgan fingerprint density at radius 1 is 1.10 bits per heavy atom. The van der Waals surface area contributed by atoms with Crippen LogP contribution in [0.4, 0.5) is 0 Å². The Labute approximate surface area is 144 Å². The fourth-order valence-electron chi connectivity index (χ4n) is 2.28. The highest BCUT2D eigenvalue weighted by Gasteiger charge is 2.15. The Morgan fingerprint density at radius 2 is 1.76 bits per heavy atom. The van der Waals surface area contributed by atoms with Crippen LogP contribution in [0.1, 0.15) is 30.5 Å². The van der Waals surface area contributed by atoms with Gasteiger partial charge in [-0.3, -0.25) is 0 Å². The summed E-state index contributed by atoms with van der Waals surface area (Å²) in [7, 11) is 0. The van der Waals surface area contributed by atoms with Crippen LogP contribution in [0.15, 0.2) is 46.9 Å². The van der Waals surface area contributed by atoms with Crippen LogP contribution in [0.2, 0.25) is 10.0 Å². The van der Waals surface area contributed by atoms with Crippen LogP contribution >= 0.6 is 39.1 Å². The molecule has 0 aliphatic rings. The minimum absolute atomic E-state index is 0.194. The average Bonchev–Trinajstić information content (AvgIpc) is 2.46. The van der Waals surface area contributed by atoms with Crippen molar-refractivity contribution in [1.82, 2.24) is 5.32 Å². The molecule has 0 spiro atoms. The second kappa shape index (κ2) is 8.19. The average molecular weight is 387 g/mol. The van der Waals surface area contributed by atoms with Gasteiger partial charge in [0.25, 0.3) is 0 Å². The first kappa shape index (κ1) is 16.8. The van der Waals surface area contributed by atoms with Gasteiger partial charge in [-0.1, -0.05) is 64.3 Å². The van der Waals surface area contributed by atoms with Crippen molar-refractivity contribution in [2.24, 2.45) is 0 Å². The molecule has 0 saturated heterocycles. The van der Waals surface area contributed by atoms with Gasteiger partial charge in [-0.25, -0.2) is 0 Å². The van der Waals surface area contributed by atoms with E-state index < -0.39 is 0 Å². The van der Waals surface area contributed by atoms with E-state index in [2.05, 4.69) is 40.3 Å². The zero-order valence-electron chi connectivity index (χ0n) is 11.9. The monoisotopic (exact) mass is 385 g/mol. The maximum atomic E-state index is 6.30. The maximum absolute atomic E-state index is 6.30. The van der Waals surface area contributed by atoms with E-state index in [-0.39, 0.29) is 6.04 Å². The highest BCUT2D eigenvalue weighted by Crippen LogP contribution is 2.30. The summed E-state index contributed by atoms with van der Waals surface area (Å²) >= 11 is 16.1. The molecule has 0 bridgehead atoms. The van der Waals surface area contributed by atoms with Gasteiger partial charge in [0.15, 0.2) is 0 Å². The van der Waals surface area contributed by atoms with Crippen molar-refractivity contribution in [3.63, 3.8) is 0 Å². The Bertz CT molecular complexity index is 581. The smallest absolute Gasteiger partial charge is 0.0453 e. The van der Waals surface area contributed by atoms with Gasteiger partial charge in [0.05, 0.1) is 0 Å². The third-order valence-corrected chi connectivity index (χ3v) is 4.56. The summed E-state index contributed by atoms with van der Waals surface area (Å²) in [5.41, 5.74) is 2.23. The molecule has 1 nitrogen and oxygen atoms in total. The molecular formula is C17H18BrCl2N. The van der Waals surface area contributed by atoms with Crippen molar-refractivity contribution >= 4 is 39.1 Å². The van der Waals surface area contributed by atoms with Crippen LogP contribution in [-0.2, 0) is 6.42 Å². The molecule has 0 heterocycles. The molecule has 21 heavy (non-hydrogen) atoms. The minimum Gasteiger partial charge on any atom is -0.310 e. The fraction of sp³-hybridized carbons (Fsp3) is 0.294. The molecular weight excluding hydrogens is 369 g/mol. The van der Waals surface area contributed by atoms with Crippen molar-refractivity contribution in [2.75, 3.05) is 6.54 Å². The number of rotatable bonds is 6. The van der Waals surface area contributed by atoms with Crippen LogP contribution in [0.25, 0.3) is 0 Å². The Kier molecular flexibility index (Phi) is 6.56. The van der Waals surface area contributed by atoms with Crippen molar-refractivity contribution in [1.29, 1.82) is 0 Å². The molecule has 1 unspecified atom stereocenters. The lowest BCUT2D eigenvalue weighted by Gasteiger charge is -2.21. The second-order valence-electron chi connectivity index (χ2n) is 4.97. The summed E-state index contributed by atoms with van der Waals surface area (Å²) in [6.07, 6.45) is 1.86. The van der Waals surface area contributed by atoms with Crippen LogP contribution in [-0.4, -0.2) is 6.54 Å². The van der Waals surface area contributed by atoms with E-state index in [1.54, 1.807) is 0 Å². The molecule has 112 valence electrons. The molecule has 0 aliphatic heterocycles. The van der Waals surface area contributed by atoms with Crippen LogP contribution in [0, 0.1) is 0 Å². The summed E-state index contributed by atoms with van der Waals surface area (Å²) in [4.78, 5) is 0. The normalized spacial score (nSPS) is 12.4. The Balaban J connectivity index is 2.28. The zero-order valence-corrected chi connectivity index (χ0v) is 15.0. The topological polar surface area (TPSA) is 12.0 Å². The Morgan fingerprint density at radius 3 is 2.38 bits per heavy atom. The molecule has 2 rings (SSSR count). The minimum atomic E-state index is 0.194. The molecule has 0 radical (unpaired) electrons. The van der Waals surface area contributed by atoms with Crippen LogP contribution in [0.5, 0.6) is 0 Å². The molecule has 2 aromatic carbocycles. The van der Waals surface area contributed by atoms with E-state index in [0.717, 1.165) is 39.5 Å². The first-order valence-corrected chi connectivity index (χ1v) is 8.58. The number of benzene rings is 2. The number of hydrogen-bond acceptors (Lipinski definition) is 1. The van der Waals surface area contributed by atoms with Crippen LogP contribution < -0.4 is 5.32 Å². The molecule has 1 atom stereocenters. The van der Waals surface area contributed by atoms with Crippen molar-refractivity contribution in [3.8, 4) is 0 Å². The lowest BCUT2D eigenvalue weighted by Crippen LogP contribution is -2.24. The summed E-state index contributed by atoms with van der Waals surface area (Å²) in [6, 6.07) is 14.2. The van der Waals surface area contributed by atoms with Crippen molar-refractivity contribution in [3.05, 3.63) is 68.1 Å². The molecule has 2 aromatic rings. The van der Waals surface area contributed by atoms with Crippen molar-refractivity contribution < 1.29 is 0 Å². The van der Waals surface area contributed by atoms with E-state index >= 15 is 0 Å². The van der Waals surface area contributed by atoms with Gasteiger partial charge in [-0.05, 0) is 54.8 Å². The predicted molar refractivity (Wildman–Crippen MR) is 95.3 cm³/mol. The lowest BCUT2D eigenvalue weighted by atomic mass is 9.98. The van der Waals surface area contributed by atoms with Crippen molar-refractivity contribution in [2.45, 2.75) is 25.8 Å². The molecule has 0 aliphatic carbocycles. The van der Waals surface area contributed by atoms with E-state index in [9.17, 15) is 0 Å². The zero-order chi connectivity index (χ0) is 15.2. The molecule has 0 aromatic heterocycles. The van der Waals surface area contributed by atoms with Gasteiger partial charge in [-0.15, -0.1) is 0 Å². The highest BCUT2D eigenvalue weighted by atomic mass is 79.9. The fourth-order valence-corrected chi connectivity index (χ4v) is 3.25. The van der Waals surface area contributed by atoms with E-state index in [0.29, 0.717) is 0 Å².